The molecule has 5 rings (SSSR count). The maximum absolute atomic E-state index is 13.7. The molecule has 8 nitrogen and oxygen atoms in total. The molecule has 0 bridgehead atoms. The zero-order valence-electron chi connectivity index (χ0n) is 20.1. The van der Waals surface area contributed by atoms with Crippen molar-refractivity contribution in [3.05, 3.63) is 83.4 Å². The first-order valence-corrected chi connectivity index (χ1v) is 11.8. The number of hydrogen-bond donors (Lipinski definition) is 2. The topological polar surface area (TPSA) is 97.0 Å². The number of carbonyl (C=O) groups excluding carboxylic acids is 3. The van der Waals surface area contributed by atoms with E-state index in [0.29, 0.717) is 41.4 Å². The van der Waals surface area contributed by atoms with Gasteiger partial charge in [-0.3, -0.25) is 14.4 Å². The number of ether oxygens (including phenoxy) is 2. The lowest BCUT2D eigenvalue weighted by atomic mass is 9.82. The molecule has 8 heteroatoms. The molecule has 2 N–H and O–H groups in total. The Labute approximate surface area is 209 Å². The molecular formula is C28H27N3O5. The summed E-state index contributed by atoms with van der Waals surface area (Å²) in [5, 5.41) is 5.77. The van der Waals surface area contributed by atoms with Crippen molar-refractivity contribution in [3.63, 3.8) is 0 Å². The number of benzene rings is 3. The predicted octanol–water partition coefficient (Wildman–Crippen LogP) is 4.07. The number of nitrogens with zero attached hydrogens (tertiary/aromatic N) is 1. The Morgan fingerprint density at radius 3 is 2.53 bits per heavy atom. The minimum Gasteiger partial charge on any atom is -0.497 e. The summed E-state index contributed by atoms with van der Waals surface area (Å²) in [4.78, 5) is 40.8. The van der Waals surface area contributed by atoms with Crippen molar-refractivity contribution in [1.29, 1.82) is 0 Å². The first kappa shape index (κ1) is 23.4. The summed E-state index contributed by atoms with van der Waals surface area (Å²) in [5.74, 6) is 0.268. The van der Waals surface area contributed by atoms with Crippen LogP contribution in [0.25, 0.3) is 0 Å². The second-order valence-electron chi connectivity index (χ2n) is 8.84. The van der Waals surface area contributed by atoms with Gasteiger partial charge in [0.1, 0.15) is 11.5 Å². The molecule has 1 saturated heterocycles. The minimum absolute atomic E-state index is 0.0747. The summed E-state index contributed by atoms with van der Waals surface area (Å²) < 4.78 is 10.9. The van der Waals surface area contributed by atoms with Crippen LogP contribution in [0.5, 0.6) is 11.5 Å². The van der Waals surface area contributed by atoms with E-state index < -0.39 is 12.0 Å². The SMILES string of the molecule is COc1ccc(N2C(=O)CCC(C(=O)Nc3ccc4c(c3)C(=O)NC4)C2c2ccccc2OC)cc1. The normalized spacial score (nSPS) is 18.9. The molecule has 3 amide bonds. The van der Waals surface area contributed by atoms with Gasteiger partial charge in [0.2, 0.25) is 11.8 Å². The number of carbonyl (C=O) groups is 3. The van der Waals surface area contributed by atoms with E-state index in [1.165, 1.54) is 0 Å². The van der Waals surface area contributed by atoms with Gasteiger partial charge in [0.25, 0.3) is 5.91 Å². The number of piperidine rings is 1. The molecule has 1 fully saturated rings. The molecular weight excluding hydrogens is 458 g/mol. The summed E-state index contributed by atoms with van der Waals surface area (Å²) >= 11 is 0. The highest BCUT2D eigenvalue weighted by molar-refractivity contribution is 6.02. The molecule has 0 aromatic heterocycles. The van der Waals surface area contributed by atoms with Gasteiger partial charge in [0.05, 0.1) is 26.2 Å². The quantitative estimate of drug-likeness (QED) is 0.549. The molecule has 184 valence electrons. The molecule has 0 spiro atoms. The van der Waals surface area contributed by atoms with Crippen LogP contribution in [0.3, 0.4) is 0 Å². The summed E-state index contributed by atoms with van der Waals surface area (Å²) in [5.41, 5.74) is 3.43. The van der Waals surface area contributed by atoms with Crippen molar-refractivity contribution in [2.24, 2.45) is 5.92 Å². The van der Waals surface area contributed by atoms with E-state index >= 15 is 0 Å². The largest absolute Gasteiger partial charge is 0.497 e. The minimum atomic E-state index is -0.589. The second-order valence-corrected chi connectivity index (χ2v) is 8.84. The summed E-state index contributed by atoms with van der Waals surface area (Å²) in [6.07, 6.45) is 0.605. The zero-order valence-corrected chi connectivity index (χ0v) is 20.1. The van der Waals surface area contributed by atoms with Gasteiger partial charge in [0, 0.05) is 35.5 Å². The number of hydrogen-bond acceptors (Lipinski definition) is 5. The summed E-state index contributed by atoms with van der Waals surface area (Å²) in [6.45, 7) is 0.486. The molecule has 2 heterocycles. The van der Waals surface area contributed by atoms with Crippen molar-refractivity contribution in [1.82, 2.24) is 5.32 Å². The van der Waals surface area contributed by atoms with E-state index in [2.05, 4.69) is 10.6 Å². The van der Waals surface area contributed by atoms with Crippen LogP contribution in [0.15, 0.2) is 66.7 Å². The predicted molar refractivity (Wildman–Crippen MR) is 135 cm³/mol. The van der Waals surface area contributed by atoms with Crippen molar-refractivity contribution in [2.45, 2.75) is 25.4 Å². The number of methoxy groups -OCH3 is 2. The third-order valence-corrected chi connectivity index (χ3v) is 6.80. The average molecular weight is 486 g/mol. The Bertz CT molecular complexity index is 1320. The molecule has 0 radical (unpaired) electrons. The molecule has 3 aromatic carbocycles. The Morgan fingerprint density at radius 1 is 1.00 bits per heavy atom. The number of rotatable bonds is 6. The highest BCUT2D eigenvalue weighted by Gasteiger charge is 2.42. The average Bonchev–Trinajstić information content (AvgIpc) is 3.28. The Hall–Kier alpha value is -4.33. The van der Waals surface area contributed by atoms with Gasteiger partial charge >= 0.3 is 0 Å². The van der Waals surface area contributed by atoms with Gasteiger partial charge in [-0.25, -0.2) is 0 Å². The number of anilines is 2. The third-order valence-electron chi connectivity index (χ3n) is 6.80. The highest BCUT2D eigenvalue weighted by atomic mass is 16.5. The van der Waals surface area contributed by atoms with Gasteiger partial charge in [-0.05, 0) is 54.4 Å². The van der Waals surface area contributed by atoms with Gasteiger partial charge in [0.15, 0.2) is 0 Å². The first-order valence-electron chi connectivity index (χ1n) is 11.8. The van der Waals surface area contributed by atoms with Gasteiger partial charge in [-0.15, -0.1) is 0 Å². The molecule has 2 aliphatic heterocycles. The molecule has 3 aromatic rings. The second kappa shape index (κ2) is 9.73. The van der Waals surface area contributed by atoms with E-state index in [1.807, 2.05) is 42.5 Å². The fraction of sp³-hybridized carbons (Fsp3) is 0.250. The van der Waals surface area contributed by atoms with E-state index in [0.717, 1.165) is 11.1 Å². The van der Waals surface area contributed by atoms with Gasteiger partial charge in [-0.1, -0.05) is 24.3 Å². The monoisotopic (exact) mass is 485 g/mol. The third kappa shape index (κ3) is 4.26. The van der Waals surface area contributed by atoms with Crippen LogP contribution < -0.4 is 25.0 Å². The van der Waals surface area contributed by atoms with Gasteiger partial charge < -0.3 is 25.0 Å². The lowest BCUT2D eigenvalue weighted by Gasteiger charge is -2.41. The summed E-state index contributed by atoms with van der Waals surface area (Å²) in [6, 6.07) is 19.4. The maximum atomic E-state index is 13.7. The van der Waals surface area contributed by atoms with Crippen LogP contribution >= 0.6 is 0 Å². The number of nitrogens with one attached hydrogen (secondary N) is 2. The van der Waals surface area contributed by atoms with Crippen molar-refractivity contribution in [3.8, 4) is 11.5 Å². The van der Waals surface area contributed by atoms with E-state index in [9.17, 15) is 14.4 Å². The molecule has 2 unspecified atom stereocenters. The first-order chi connectivity index (χ1) is 17.5. The van der Waals surface area contributed by atoms with Crippen LogP contribution in [0.4, 0.5) is 11.4 Å². The van der Waals surface area contributed by atoms with Crippen molar-refractivity contribution < 1.29 is 23.9 Å². The van der Waals surface area contributed by atoms with Crippen molar-refractivity contribution in [2.75, 3.05) is 24.4 Å². The lowest BCUT2D eigenvalue weighted by molar-refractivity contribution is -0.126. The lowest BCUT2D eigenvalue weighted by Crippen LogP contribution is -2.47. The number of amides is 3. The smallest absolute Gasteiger partial charge is 0.251 e. The highest BCUT2D eigenvalue weighted by Crippen LogP contribution is 2.43. The van der Waals surface area contributed by atoms with Crippen LogP contribution in [-0.2, 0) is 16.1 Å². The fourth-order valence-corrected chi connectivity index (χ4v) is 5.01. The van der Waals surface area contributed by atoms with E-state index in [-0.39, 0.29) is 24.1 Å². The Balaban J connectivity index is 1.53. The Kier molecular flexibility index (Phi) is 6.33. The number of fused-ring (bicyclic) bond motifs is 1. The number of para-hydroxylation sites is 1. The van der Waals surface area contributed by atoms with Gasteiger partial charge in [-0.2, -0.15) is 0 Å². The standard InChI is InChI=1S/C28H27N3O5/c1-35-20-11-9-19(10-12-20)31-25(32)14-13-22(26(31)21-5-3-4-6-24(21)36-2)28(34)30-18-8-7-17-16-29-27(33)23(17)15-18/h3-12,15,22,26H,13-14,16H2,1-2H3,(H,29,33)(H,30,34). The maximum Gasteiger partial charge on any atom is 0.251 e. The van der Waals surface area contributed by atoms with Crippen molar-refractivity contribution >= 4 is 29.1 Å². The fourth-order valence-electron chi connectivity index (χ4n) is 5.01. The van der Waals surface area contributed by atoms with Crippen LogP contribution in [-0.4, -0.2) is 31.9 Å². The molecule has 2 atom stereocenters. The molecule has 2 aliphatic rings. The molecule has 36 heavy (non-hydrogen) atoms. The Morgan fingerprint density at radius 2 is 1.78 bits per heavy atom. The van der Waals surface area contributed by atoms with Crippen LogP contribution in [0, 0.1) is 5.92 Å². The zero-order chi connectivity index (χ0) is 25.2. The van der Waals surface area contributed by atoms with E-state index in [1.54, 1.807) is 43.4 Å². The van der Waals surface area contributed by atoms with Crippen LogP contribution in [0.2, 0.25) is 0 Å². The molecule has 0 saturated carbocycles. The molecule has 0 aliphatic carbocycles. The summed E-state index contributed by atoms with van der Waals surface area (Å²) in [7, 11) is 3.16. The van der Waals surface area contributed by atoms with E-state index in [4.69, 9.17) is 9.47 Å². The van der Waals surface area contributed by atoms with Crippen LogP contribution in [0.1, 0.15) is 40.4 Å².